The maximum absolute atomic E-state index is 13.4. The topological polar surface area (TPSA) is 191 Å². The van der Waals surface area contributed by atoms with Crippen molar-refractivity contribution in [1.82, 2.24) is 35.2 Å². The lowest BCUT2D eigenvalue weighted by atomic mass is 9.99. The molecule has 4 N–H and O–H groups in total. The zero-order valence-electron chi connectivity index (χ0n) is 33.8. The van der Waals surface area contributed by atoms with E-state index in [1.807, 2.05) is 60.3 Å². The second-order valence-corrected chi connectivity index (χ2v) is 15.0. The van der Waals surface area contributed by atoms with E-state index >= 15 is 0 Å². The lowest BCUT2D eigenvalue weighted by molar-refractivity contribution is -0.156. The van der Waals surface area contributed by atoms with Crippen LogP contribution in [0.25, 0.3) is 10.9 Å². The quantitative estimate of drug-likeness (QED) is 0.291. The number of nitrogens with one attached hydrogen (secondary N) is 4. The van der Waals surface area contributed by atoms with E-state index in [0.717, 1.165) is 30.2 Å². The second kappa shape index (κ2) is 20.5. The summed E-state index contributed by atoms with van der Waals surface area (Å²) in [6.45, 7) is 4.93. The number of esters is 1. The third-order valence-corrected chi connectivity index (χ3v) is 10.8. The fraction of sp³-hybridized carbons (Fsp3) is 0.500. The summed E-state index contributed by atoms with van der Waals surface area (Å²) >= 11 is 0. The summed E-state index contributed by atoms with van der Waals surface area (Å²) in [5, 5.41) is 11.5. The van der Waals surface area contributed by atoms with Gasteiger partial charge in [-0.1, -0.05) is 42.0 Å². The maximum atomic E-state index is 13.4. The average molecular weight is 801 g/mol. The molecule has 0 radical (unpaired) electrons. The number of hydrogen-bond donors (Lipinski definition) is 4. The lowest BCUT2D eigenvalue weighted by Crippen LogP contribution is -2.59. The standard InChI is InChI=1S/C22H32N4O6.C13H16N4O2.C7H8/c1-14-20(29)26-12-5-8-17(26)22(31)32-13-9-18(27)24-11-4-7-16(24)21(30)25-10-3-2-6-15(25)19(28)23-14;1-14-12(18)8-15-13(19)16-10-4-3-9-5-6-17(2)11(9)7-10;1-7-5-3-2-4-6-7/h14-17H,2-13H2,1H3,(H,23,28);3-7H,8H2,1-2H3,(H,14,18)(H2,15,16,19);2-6H,1H3. The molecular weight excluding hydrogens is 745 g/mol. The highest BCUT2D eigenvalue weighted by atomic mass is 16.5. The molecule has 4 aliphatic rings. The molecule has 312 valence electrons. The van der Waals surface area contributed by atoms with Crippen LogP contribution in [0.2, 0.25) is 0 Å². The first-order valence-corrected chi connectivity index (χ1v) is 20.1. The lowest BCUT2D eigenvalue weighted by Gasteiger charge is -2.38. The van der Waals surface area contributed by atoms with Gasteiger partial charge >= 0.3 is 12.0 Å². The number of amides is 7. The molecule has 2 aromatic carbocycles. The van der Waals surface area contributed by atoms with Crippen molar-refractivity contribution in [3.8, 4) is 0 Å². The number of benzene rings is 2. The van der Waals surface area contributed by atoms with Gasteiger partial charge < -0.3 is 45.3 Å². The molecule has 7 rings (SSSR count). The van der Waals surface area contributed by atoms with E-state index in [-0.39, 0.29) is 49.1 Å². The van der Waals surface area contributed by atoms with Crippen molar-refractivity contribution < 1.29 is 38.3 Å². The van der Waals surface area contributed by atoms with Gasteiger partial charge in [-0.15, -0.1) is 0 Å². The van der Waals surface area contributed by atoms with Crippen LogP contribution in [0.5, 0.6) is 0 Å². The van der Waals surface area contributed by atoms with E-state index in [0.29, 0.717) is 51.0 Å². The Labute approximate surface area is 339 Å². The van der Waals surface area contributed by atoms with Crippen LogP contribution in [0.15, 0.2) is 60.8 Å². The van der Waals surface area contributed by atoms with Gasteiger partial charge in [0.1, 0.15) is 30.8 Å². The van der Waals surface area contributed by atoms with Crippen LogP contribution >= 0.6 is 0 Å². The number of ether oxygens (including phenoxy) is 1. The van der Waals surface area contributed by atoms with Crippen LogP contribution in [-0.2, 0) is 40.6 Å². The van der Waals surface area contributed by atoms with Crippen molar-refractivity contribution in [1.29, 1.82) is 0 Å². The van der Waals surface area contributed by atoms with Gasteiger partial charge in [0.15, 0.2) is 0 Å². The Morgan fingerprint density at radius 2 is 1.48 bits per heavy atom. The first kappa shape index (κ1) is 43.2. The molecule has 0 aliphatic carbocycles. The van der Waals surface area contributed by atoms with E-state index in [1.165, 1.54) is 17.5 Å². The van der Waals surface area contributed by atoms with E-state index < -0.39 is 36.2 Å². The fourth-order valence-corrected chi connectivity index (χ4v) is 7.65. The van der Waals surface area contributed by atoms with Gasteiger partial charge in [-0.2, -0.15) is 0 Å². The molecule has 3 aromatic rings. The summed E-state index contributed by atoms with van der Waals surface area (Å²) in [7, 11) is 3.46. The molecule has 5 heterocycles. The maximum Gasteiger partial charge on any atom is 0.328 e. The molecule has 4 atom stereocenters. The van der Waals surface area contributed by atoms with Crippen LogP contribution in [0.4, 0.5) is 10.5 Å². The van der Waals surface area contributed by atoms with Gasteiger partial charge in [0.25, 0.3) is 0 Å². The zero-order valence-corrected chi connectivity index (χ0v) is 33.8. The highest BCUT2D eigenvalue weighted by molar-refractivity contribution is 5.96. The van der Waals surface area contributed by atoms with Crippen molar-refractivity contribution in [2.75, 3.05) is 45.2 Å². The van der Waals surface area contributed by atoms with E-state index in [9.17, 15) is 33.6 Å². The molecule has 7 amide bonds. The zero-order chi connectivity index (χ0) is 41.8. The predicted octanol–water partition coefficient (Wildman–Crippen LogP) is 2.84. The van der Waals surface area contributed by atoms with Crippen LogP contribution in [0.3, 0.4) is 0 Å². The molecule has 0 saturated carbocycles. The molecule has 16 nitrogen and oxygen atoms in total. The van der Waals surface area contributed by atoms with E-state index in [1.54, 1.807) is 16.7 Å². The summed E-state index contributed by atoms with van der Waals surface area (Å²) in [6, 6.07) is 14.7. The fourth-order valence-electron chi connectivity index (χ4n) is 7.65. The number of aromatic nitrogens is 1. The van der Waals surface area contributed by atoms with Gasteiger partial charge in [-0.3, -0.25) is 24.0 Å². The highest BCUT2D eigenvalue weighted by Crippen LogP contribution is 2.26. The normalized spacial score (nSPS) is 22.6. The largest absolute Gasteiger partial charge is 0.464 e. The number of aryl methyl sites for hydroxylation is 2. The number of cyclic esters (lactones) is 1. The molecule has 1 aromatic heterocycles. The van der Waals surface area contributed by atoms with Gasteiger partial charge in [-0.05, 0) is 82.4 Å². The summed E-state index contributed by atoms with van der Waals surface area (Å²) < 4.78 is 7.31. The number of rotatable bonds is 3. The molecule has 0 spiro atoms. The van der Waals surface area contributed by atoms with Crippen molar-refractivity contribution in [3.05, 3.63) is 66.4 Å². The Morgan fingerprint density at radius 3 is 2.19 bits per heavy atom. The van der Waals surface area contributed by atoms with Crippen molar-refractivity contribution >= 4 is 58.1 Å². The summed E-state index contributed by atoms with van der Waals surface area (Å²) in [5.74, 6) is -1.91. The molecule has 58 heavy (non-hydrogen) atoms. The average Bonchev–Trinajstić information content (AvgIpc) is 4.01. The summed E-state index contributed by atoms with van der Waals surface area (Å²) in [6.07, 6.45) is 6.54. The number of likely N-dealkylation sites (N-methyl/N-ethyl adjacent to an activating group) is 1. The monoisotopic (exact) mass is 800 g/mol. The SMILES string of the molecule is CC1NC(=O)C2CCCCN2C(=O)C2CCCN2C(=O)CCOC(=O)C2CCCN2C1=O.CNC(=O)CNC(=O)Nc1ccc2ccn(C)c2c1.Cc1ccccc1. The van der Waals surface area contributed by atoms with Crippen LogP contribution < -0.4 is 21.3 Å². The molecule has 0 bridgehead atoms. The second-order valence-electron chi connectivity index (χ2n) is 15.0. The smallest absolute Gasteiger partial charge is 0.328 e. The number of fused-ring (bicyclic) bond motifs is 4. The van der Waals surface area contributed by atoms with Gasteiger partial charge in [-0.25, -0.2) is 9.59 Å². The van der Waals surface area contributed by atoms with Crippen LogP contribution in [-0.4, -0.2) is 125 Å². The molecule has 4 fully saturated rings. The molecule has 4 saturated heterocycles. The van der Waals surface area contributed by atoms with Gasteiger partial charge in [0.05, 0.1) is 13.0 Å². The minimum absolute atomic E-state index is 0.00347. The van der Waals surface area contributed by atoms with Crippen LogP contribution in [0.1, 0.15) is 63.9 Å². The minimum Gasteiger partial charge on any atom is -0.464 e. The van der Waals surface area contributed by atoms with Gasteiger partial charge in [0.2, 0.25) is 29.5 Å². The Kier molecular flexibility index (Phi) is 15.3. The van der Waals surface area contributed by atoms with Crippen molar-refractivity contribution in [2.45, 2.75) is 89.4 Å². The number of piperidine rings is 1. The van der Waals surface area contributed by atoms with Crippen molar-refractivity contribution in [3.63, 3.8) is 0 Å². The third-order valence-electron chi connectivity index (χ3n) is 10.8. The third kappa shape index (κ3) is 11.1. The Morgan fingerprint density at radius 1 is 0.810 bits per heavy atom. The highest BCUT2D eigenvalue weighted by Gasteiger charge is 2.43. The van der Waals surface area contributed by atoms with Crippen LogP contribution in [0, 0.1) is 6.92 Å². The number of carbonyl (C=O) groups excluding carboxylic acids is 7. The molecule has 4 aliphatic heterocycles. The summed E-state index contributed by atoms with van der Waals surface area (Å²) in [4.78, 5) is 92.1. The minimum atomic E-state index is -0.813. The number of urea groups is 1. The van der Waals surface area contributed by atoms with E-state index in [2.05, 4.69) is 40.3 Å². The molecule has 4 unspecified atom stereocenters. The number of nitrogens with zero attached hydrogens (tertiary/aromatic N) is 4. The number of hydrogen-bond acceptors (Lipinski definition) is 8. The first-order chi connectivity index (χ1) is 27.9. The Balaban J connectivity index is 0.000000206. The van der Waals surface area contributed by atoms with E-state index in [4.69, 9.17) is 4.74 Å². The number of carbonyl (C=O) groups is 7. The summed E-state index contributed by atoms with van der Waals surface area (Å²) in [5.41, 5.74) is 3.04. The van der Waals surface area contributed by atoms with Crippen molar-refractivity contribution in [2.24, 2.45) is 7.05 Å². The molecule has 16 heteroatoms. The molecular formula is C42H56N8O8. The van der Waals surface area contributed by atoms with Gasteiger partial charge in [0, 0.05) is 51.1 Å². The Hall–Kier alpha value is -5.93. The Bertz CT molecular complexity index is 1950. The first-order valence-electron chi connectivity index (χ1n) is 20.1. The predicted molar refractivity (Wildman–Crippen MR) is 217 cm³/mol. The number of anilines is 1.